The second kappa shape index (κ2) is 6.45. The van der Waals surface area contributed by atoms with E-state index in [4.69, 9.17) is 0 Å². The zero-order valence-corrected chi connectivity index (χ0v) is 12.9. The quantitative estimate of drug-likeness (QED) is 0.888. The number of benzene rings is 1. The van der Waals surface area contributed by atoms with Crippen molar-refractivity contribution in [3.05, 3.63) is 62.8 Å². The second-order valence-corrected chi connectivity index (χ2v) is 6.03. The minimum atomic E-state index is -0.387. The molecule has 4 heteroatoms. The minimum absolute atomic E-state index is 0.387. The first-order chi connectivity index (χ1) is 8.63. The number of aromatic nitrogens is 1. The largest absolute Gasteiger partial charge is 0.392 e. The number of pyridine rings is 1. The number of nitrogens with zero attached hydrogens (tertiary/aromatic N) is 1. The third kappa shape index (κ3) is 4.19. The molecule has 2 aromatic rings. The summed E-state index contributed by atoms with van der Waals surface area (Å²) < 4.78 is 1.99. The van der Waals surface area contributed by atoms with Crippen molar-refractivity contribution in [3.63, 3.8) is 0 Å². The first-order valence-electron chi connectivity index (χ1n) is 5.65. The summed E-state index contributed by atoms with van der Waals surface area (Å²) in [6.07, 6.45) is 4.41. The van der Waals surface area contributed by atoms with Crippen LogP contribution in [-0.4, -0.2) is 16.2 Å². The Morgan fingerprint density at radius 3 is 2.28 bits per heavy atom. The molecule has 0 aliphatic heterocycles. The van der Waals surface area contributed by atoms with Crippen LogP contribution in [-0.2, 0) is 12.8 Å². The summed E-state index contributed by atoms with van der Waals surface area (Å²) in [6.45, 7) is 0. The van der Waals surface area contributed by atoms with E-state index in [2.05, 4.69) is 36.8 Å². The van der Waals surface area contributed by atoms with Gasteiger partial charge in [-0.3, -0.25) is 4.98 Å². The molecule has 1 aromatic heterocycles. The number of halogens is 2. The summed E-state index contributed by atoms with van der Waals surface area (Å²) in [4.78, 5) is 4.09. The molecule has 0 saturated carbocycles. The number of aliphatic hydroxyl groups is 1. The number of hydrogen-bond donors (Lipinski definition) is 1. The van der Waals surface area contributed by atoms with Crippen LogP contribution in [0.2, 0.25) is 0 Å². The van der Waals surface area contributed by atoms with Crippen LogP contribution in [0.15, 0.2) is 51.7 Å². The Balaban J connectivity index is 1.96. The molecular weight excluding hydrogens is 358 g/mol. The highest BCUT2D eigenvalue weighted by Gasteiger charge is 2.07. The van der Waals surface area contributed by atoms with Crippen molar-refractivity contribution in [2.75, 3.05) is 0 Å². The fourth-order valence-corrected chi connectivity index (χ4v) is 2.48. The normalized spacial score (nSPS) is 12.4. The molecule has 0 bridgehead atoms. The summed E-state index contributed by atoms with van der Waals surface area (Å²) in [6, 6.07) is 10.0. The van der Waals surface area contributed by atoms with Gasteiger partial charge in [0.15, 0.2) is 0 Å². The van der Waals surface area contributed by atoms with Crippen molar-refractivity contribution >= 4 is 31.9 Å². The predicted octanol–water partition coefficient (Wildman–Crippen LogP) is 3.75. The maximum absolute atomic E-state index is 10.1. The second-order valence-electron chi connectivity index (χ2n) is 4.20. The van der Waals surface area contributed by atoms with E-state index in [1.165, 1.54) is 0 Å². The smallest absolute Gasteiger partial charge is 0.0621 e. The van der Waals surface area contributed by atoms with Crippen molar-refractivity contribution in [2.24, 2.45) is 0 Å². The van der Waals surface area contributed by atoms with Crippen molar-refractivity contribution in [1.29, 1.82) is 0 Å². The number of aliphatic hydroxyl groups excluding tert-OH is 1. The number of rotatable bonds is 4. The number of hydrogen-bond acceptors (Lipinski definition) is 2. The van der Waals surface area contributed by atoms with Gasteiger partial charge in [-0.05, 0) is 51.7 Å². The molecular formula is C14H13Br2NO. The molecule has 0 aliphatic carbocycles. The van der Waals surface area contributed by atoms with Crippen LogP contribution >= 0.6 is 31.9 Å². The molecule has 1 N–H and O–H groups in total. The molecule has 1 unspecified atom stereocenters. The van der Waals surface area contributed by atoms with E-state index in [9.17, 15) is 5.11 Å². The molecule has 0 spiro atoms. The van der Waals surface area contributed by atoms with Crippen LogP contribution in [0.25, 0.3) is 0 Å². The van der Waals surface area contributed by atoms with Crippen LogP contribution in [0, 0.1) is 0 Å². The van der Waals surface area contributed by atoms with Crippen LogP contribution in [0.1, 0.15) is 11.1 Å². The molecule has 0 fully saturated rings. The highest BCUT2D eigenvalue weighted by Crippen LogP contribution is 2.15. The fraction of sp³-hybridized carbons (Fsp3) is 0.214. The maximum atomic E-state index is 10.1. The van der Waals surface area contributed by atoms with Crippen molar-refractivity contribution in [3.8, 4) is 0 Å². The summed E-state index contributed by atoms with van der Waals surface area (Å²) in [7, 11) is 0. The average molecular weight is 371 g/mol. The first kappa shape index (κ1) is 13.7. The lowest BCUT2D eigenvalue weighted by atomic mass is 10.0. The van der Waals surface area contributed by atoms with E-state index in [-0.39, 0.29) is 6.10 Å². The summed E-state index contributed by atoms with van der Waals surface area (Å²) in [5.74, 6) is 0. The van der Waals surface area contributed by atoms with E-state index in [1.807, 2.05) is 30.3 Å². The van der Waals surface area contributed by atoms with Crippen molar-refractivity contribution in [2.45, 2.75) is 18.9 Å². The van der Waals surface area contributed by atoms with E-state index >= 15 is 0 Å². The predicted molar refractivity (Wildman–Crippen MR) is 79.5 cm³/mol. The van der Waals surface area contributed by atoms with Gasteiger partial charge in [0.05, 0.1) is 6.10 Å². The van der Waals surface area contributed by atoms with Crippen molar-refractivity contribution in [1.82, 2.24) is 4.98 Å². The van der Waals surface area contributed by atoms with Crippen molar-refractivity contribution < 1.29 is 5.11 Å². The summed E-state index contributed by atoms with van der Waals surface area (Å²) in [5, 5.41) is 10.1. The molecule has 0 amide bonds. The lowest BCUT2D eigenvalue weighted by Gasteiger charge is -2.10. The summed E-state index contributed by atoms with van der Waals surface area (Å²) in [5.41, 5.74) is 2.17. The van der Waals surface area contributed by atoms with Gasteiger partial charge in [-0.25, -0.2) is 0 Å². The molecule has 0 aliphatic rings. The van der Waals surface area contributed by atoms with Gasteiger partial charge in [0.25, 0.3) is 0 Å². The Morgan fingerprint density at radius 1 is 0.944 bits per heavy atom. The third-order valence-electron chi connectivity index (χ3n) is 2.62. The molecule has 1 aromatic carbocycles. The highest BCUT2D eigenvalue weighted by atomic mass is 79.9. The average Bonchev–Trinajstić information content (AvgIpc) is 2.32. The van der Waals surface area contributed by atoms with Gasteiger partial charge in [0.2, 0.25) is 0 Å². The lowest BCUT2D eigenvalue weighted by Crippen LogP contribution is -2.14. The van der Waals surface area contributed by atoms with E-state index < -0.39 is 0 Å². The van der Waals surface area contributed by atoms with Gasteiger partial charge in [0, 0.05) is 27.8 Å². The first-order valence-corrected chi connectivity index (χ1v) is 7.24. The molecule has 94 valence electrons. The minimum Gasteiger partial charge on any atom is -0.392 e. The molecule has 0 saturated heterocycles. The standard InChI is InChI=1S/C14H13Br2NO/c15-12-3-1-10(2-4-12)6-14(18)7-11-5-13(16)9-17-8-11/h1-5,8-9,14,18H,6-7H2. The zero-order chi connectivity index (χ0) is 13.0. The molecule has 2 rings (SSSR count). The van der Waals surface area contributed by atoms with Gasteiger partial charge >= 0.3 is 0 Å². The van der Waals surface area contributed by atoms with Crippen LogP contribution < -0.4 is 0 Å². The maximum Gasteiger partial charge on any atom is 0.0621 e. The molecule has 1 atom stereocenters. The summed E-state index contributed by atoms with van der Waals surface area (Å²) >= 11 is 6.77. The molecule has 0 radical (unpaired) electrons. The monoisotopic (exact) mass is 369 g/mol. The van der Waals surface area contributed by atoms with E-state index in [0.717, 1.165) is 20.1 Å². The molecule has 18 heavy (non-hydrogen) atoms. The van der Waals surface area contributed by atoms with Gasteiger partial charge in [0.1, 0.15) is 0 Å². The van der Waals surface area contributed by atoms with Gasteiger partial charge < -0.3 is 5.11 Å². The van der Waals surface area contributed by atoms with Crippen LogP contribution in [0.3, 0.4) is 0 Å². The van der Waals surface area contributed by atoms with E-state index in [0.29, 0.717) is 12.8 Å². The zero-order valence-electron chi connectivity index (χ0n) is 9.68. The van der Waals surface area contributed by atoms with Crippen LogP contribution in [0.4, 0.5) is 0 Å². The lowest BCUT2D eigenvalue weighted by molar-refractivity contribution is 0.175. The van der Waals surface area contributed by atoms with Gasteiger partial charge in [-0.15, -0.1) is 0 Å². The van der Waals surface area contributed by atoms with Gasteiger partial charge in [-0.2, -0.15) is 0 Å². The Bertz CT molecular complexity index is 513. The van der Waals surface area contributed by atoms with Crippen LogP contribution in [0.5, 0.6) is 0 Å². The fourth-order valence-electron chi connectivity index (χ4n) is 1.80. The Hall–Kier alpha value is -0.710. The third-order valence-corrected chi connectivity index (χ3v) is 3.58. The Morgan fingerprint density at radius 2 is 1.61 bits per heavy atom. The van der Waals surface area contributed by atoms with Gasteiger partial charge in [-0.1, -0.05) is 28.1 Å². The topological polar surface area (TPSA) is 33.1 Å². The van der Waals surface area contributed by atoms with E-state index in [1.54, 1.807) is 12.4 Å². The SMILES string of the molecule is OC(Cc1ccc(Br)cc1)Cc1cncc(Br)c1. The Labute approximate surface area is 123 Å². The molecule has 2 nitrogen and oxygen atoms in total. The highest BCUT2D eigenvalue weighted by molar-refractivity contribution is 9.10. The Kier molecular flexibility index (Phi) is 4.92. The molecule has 1 heterocycles.